The van der Waals surface area contributed by atoms with E-state index in [1.807, 2.05) is 0 Å². The van der Waals surface area contributed by atoms with Gasteiger partial charge in [-0.05, 0) is 6.42 Å². The van der Waals surface area contributed by atoms with E-state index in [2.05, 4.69) is 6.92 Å². The fourth-order valence-electron chi connectivity index (χ4n) is 4.24. The lowest BCUT2D eigenvalue weighted by atomic mass is 10.00. The van der Waals surface area contributed by atoms with E-state index in [0.29, 0.717) is 0 Å². The van der Waals surface area contributed by atoms with Crippen LogP contribution >= 0.6 is 11.8 Å². The third kappa shape index (κ3) is 15.4. The van der Waals surface area contributed by atoms with Gasteiger partial charge in [-0.1, -0.05) is 95.7 Å². The summed E-state index contributed by atoms with van der Waals surface area (Å²) in [6.07, 6.45) is 8.38. The number of aliphatic hydroxyl groups is 4. The molecule has 1 aliphatic rings. The van der Waals surface area contributed by atoms with Gasteiger partial charge in [0, 0.05) is 19.1 Å². The Hall–Kier alpha value is -0.750. The van der Waals surface area contributed by atoms with E-state index >= 15 is 0 Å². The number of unbranched alkanes of at least 4 members (excludes halogenated alkanes) is 12. The summed E-state index contributed by atoms with van der Waals surface area (Å²) in [5, 5.41) is 39.8. The minimum absolute atomic E-state index is 0.0675. The smallest absolute Gasteiger partial charge is 0.305 e. The Morgan fingerprint density at radius 3 is 1.89 bits per heavy atom. The van der Waals surface area contributed by atoms with Crippen LogP contribution in [0.1, 0.15) is 104 Å². The van der Waals surface area contributed by atoms with Crippen LogP contribution in [0.3, 0.4) is 0 Å². The maximum absolute atomic E-state index is 12.1. The molecule has 0 aromatic heterocycles. The van der Waals surface area contributed by atoms with Crippen molar-refractivity contribution in [2.45, 2.75) is 141 Å². The number of hydrogen-bond donors (Lipinski definition) is 4. The molecule has 0 aromatic carbocycles. The zero-order chi connectivity index (χ0) is 27.5. The molecule has 0 aliphatic carbocycles. The van der Waals surface area contributed by atoms with Gasteiger partial charge in [0.1, 0.15) is 31.0 Å². The number of hydrogen-bond acceptors (Lipinski definition) is 10. The van der Waals surface area contributed by atoms with Gasteiger partial charge < -0.3 is 34.6 Å². The van der Waals surface area contributed by atoms with Crippen LogP contribution in [0.25, 0.3) is 0 Å². The molecular weight excluding hydrogens is 500 g/mol. The summed E-state index contributed by atoms with van der Waals surface area (Å²) in [6.45, 7) is 2.88. The van der Waals surface area contributed by atoms with Gasteiger partial charge in [0.05, 0.1) is 12.7 Å². The zero-order valence-corrected chi connectivity index (χ0v) is 23.5. The van der Waals surface area contributed by atoms with E-state index in [4.69, 9.17) is 14.2 Å². The van der Waals surface area contributed by atoms with Crippen LogP contribution in [0.2, 0.25) is 0 Å². The topological polar surface area (TPSA) is 143 Å². The highest BCUT2D eigenvalue weighted by Crippen LogP contribution is 2.25. The molecule has 1 saturated heterocycles. The summed E-state index contributed by atoms with van der Waals surface area (Å²) in [4.78, 5) is 23.3. The van der Waals surface area contributed by atoms with E-state index < -0.39 is 43.4 Å². The Bertz CT molecular complexity index is 606. The molecule has 37 heavy (non-hydrogen) atoms. The fourth-order valence-corrected chi connectivity index (χ4v) is 4.91. The van der Waals surface area contributed by atoms with E-state index in [1.165, 1.54) is 71.1 Å². The molecule has 1 unspecified atom stereocenters. The second kappa shape index (κ2) is 21.1. The Morgan fingerprint density at radius 1 is 0.838 bits per heavy atom. The van der Waals surface area contributed by atoms with Crippen LogP contribution in [0.15, 0.2) is 0 Å². The molecule has 1 aliphatic heterocycles. The summed E-state index contributed by atoms with van der Waals surface area (Å²) >= 11 is 0.914. The summed E-state index contributed by atoms with van der Waals surface area (Å²) in [5.41, 5.74) is 0. The summed E-state index contributed by atoms with van der Waals surface area (Å²) in [7, 11) is 0. The lowest BCUT2D eigenvalue weighted by Crippen LogP contribution is -2.59. The molecule has 4 N–H and O–H groups in total. The molecule has 0 aromatic rings. The molecule has 1 fully saturated rings. The number of rotatable bonds is 21. The van der Waals surface area contributed by atoms with Gasteiger partial charge in [-0.15, -0.1) is 0 Å². The second-order valence-electron chi connectivity index (χ2n) is 9.93. The lowest BCUT2D eigenvalue weighted by molar-refractivity contribution is -0.307. The molecule has 1 rings (SSSR count). The van der Waals surface area contributed by atoms with Crippen LogP contribution < -0.4 is 0 Å². The van der Waals surface area contributed by atoms with E-state index in [1.54, 1.807) is 0 Å². The molecule has 0 radical (unpaired) electrons. The predicted octanol–water partition coefficient (Wildman–Crippen LogP) is 3.48. The number of esters is 1. The SMILES string of the molecule is CCCCCCCCCCCCCCCC(=O)OCC(CO)O[C@@H]1O[C@H](CSC(C)=O)[C@@H](O)[C@H](O)[C@H]1O. The maximum Gasteiger partial charge on any atom is 0.305 e. The van der Waals surface area contributed by atoms with Gasteiger partial charge in [-0.2, -0.15) is 0 Å². The molecule has 9 nitrogen and oxygen atoms in total. The van der Waals surface area contributed by atoms with Crippen molar-refractivity contribution in [1.82, 2.24) is 0 Å². The first-order valence-corrected chi connectivity index (χ1v) is 15.0. The van der Waals surface area contributed by atoms with Crippen LogP contribution in [0, 0.1) is 0 Å². The Morgan fingerprint density at radius 2 is 1.38 bits per heavy atom. The average Bonchev–Trinajstić information content (AvgIpc) is 2.88. The normalized spacial score (nSPS) is 24.6. The van der Waals surface area contributed by atoms with Gasteiger partial charge in [0.2, 0.25) is 0 Å². The quantitative estimate of drug-likeness (QED) is 0.124. The largest absolute Gasteiger partial charge is 0.463 e. The van der Waals surface area contributed by atoms with Gasteiger partial charge in [0.25, 0.3) is 0 Å². The third-order valence-corrected chi connectivity index (χ3v) is 7.47. The molecule has 1 heterocycles. The maximum atomic E-state index is 12.1. The molecule has 10 heteroatoms. The lowest BCUT2D eigenvalue weighted by Gasteiger charge is -2.41. The average molecular weight is 551 g/mol. The molecule has 0 spiro atoms. The molecule has 0 saturated carbocycles. The first kappa shape index (κ1) is 34.3. The number of aliphatic hydroxyl groups excluding tert-OH is 4. The first-order chi connectivity index (χ1) is 17.8. The van der Waals surface area contributed by atoms with Gasteiger partial charge in [-0.25, -0.2) is 0 Å². The molecule has 0 bridgehead atoms. The van der Waals surface area contributed by atoms with Crippen molar-refractivity contribution in [3.05, 3.63) is 0 Å². The van der Waals surface area contributed by atoms with Crippen LogP contribution in [-0.4, -0.2) is 87.3 Å². The van der Waals surface area contributed by atoms with Crippen molar-refractivity contribution >= 4 is 22.8 Å². The zero-order valence-electron chi connectivity index (χ0n) is 22.7. The highest BCUT2D eigenvalue weighted by atomic mass is 32.2. The highest BCUT2D eigenvalue weighted by Gasteiger charge is 2.45. The highest BCUT2D eigenvalue weighted by molar-refractivity contribution is 8.13. The van der Waals surface area contributed by atoms with Crippen LogP contribution in [-0.2, 0) is 23.8 Å². The Labute approximate surface area is 226 Å². The second-order valence-corrected chi connectivity index (χ2v) is 11.1. The number of thioether (sulfide) groups is 1. The molecule has 218 valence electrons. The number of ether oxygens (including phenoxy) is 3. The Kier molecular flexibility index (Phi) is 19.6. The third-order valence-electron chi connectivity index (χ3n) is 6.56. The van der Waals surface area contributed by atoms with Gasteiger partial charge in [-0.3, -0.25) is 9.59 Å². The van der Waals surface area contributed by atoms with Crippen LogP contribution in [0.4, 0.5) is 0 Å². The van der Waals surface area contributed by atoms with Gasteiger partial charge in [0.15, 0.2) is 11.4 Å². The molecule has 0 amide bonds. The predicted molar refractivity (Wildman–Crippen MR) is 143 cm³/mol. The van der Waals surface area contributed by atoms with Crippen molar-refractivity contribution < 1.29 is 44.2 Å². The van der Waals surface area contributed by atoms with E-state index in [-0.39, 0.29) is 29.9 Å². The van der Waals surface area contributed by atoms with E-state index in [9.17, 15) is 30.0 Å². The van der Waals surface area contributed by atoms with Gasteiger partial charge >= 0.3 is 5.97 Å². The minimum atomic E-state index is -1.57. The van der Waals surface area contributed by atoms with Crippen molar-refractivity contribution in [2.75, 3.05) is 19.0 Å². The van der Waals surface area contributed by atoms with Crippen molar-refractivity contribution in [1.29, 1.82) is 0 Å². The van der Waals surface area contributed by atoms with Crippen LogP contribution in [0.5, 0.6) is 0 Å². The molecule has 6 atom stereocenters. The monoisotopic (exact) mass is 550 g/mol. The minimum Gasteiger partial charge on any atom is -0.463 e. The standard InChI is InChI=1S/C27H50O9S/c1-3-4-5-6-7-8-9-10-11-12-13-14-15-16-23(30)34-18-21(17-28)35-27-26(33)25(32)24(31)22(36-27)19-37-20(2)29/h21-22,24-28,31-33H,3-19H2,1-2H3/t21?,22-,24-,25+,26-,27-/m1/s1. The summed E-state index contributed by atoms with van der Waals surface area (Å²) < 4.78 is 16.2. The first-order valence-electron chi connectivity index (χ1n) is 14.0. The summed E-state index contributed by atoms with van der Waals surface area (Å²) in [6, 6.07) is 0. The number of carbonyl (C=O) groups excluding carboxylic acids is 2. The van der Waals surface area contributed by atoms with Crippen molar-refractivity contribution in [3.63, 3.8) is 0 Å². The Balaban J connectivity index is 2.17. The fraction of sp³-hybridized carbons (Fsp3) is 0.926. The molecular formula is C27H50O9S. The summed E-state index contributed by atoms with van der Waals surface area (Å²) in [5.74, 6) is -0.320. The van der Waals surface area contributed by atoms with Crippen molar-refractivity contribution in [3.8, 4) is 0 Å². The van der Waals surface area contributed by atoms with Crippen molar-refractivity contribution in [2.24, 2.45) is 0 Å². The van der Waals surface area contributed by atoms with E-state index in [0.717, 1.165) is 31.0 Å². The number of carbonyl (C=O) groups is 2.